The van der Waals surface area contributed by atoms with Crippen LogP contribution in [0, 0.1) is 19.7 Å². The second-order valence-corrected chi connectivity index (χ2v) is 6.16. The van der Waals surface area contributed by atoms with E-state index >= 15 is 0 Å². The Balaban J connectivity index is 1.90. The van der Waals surface area contributed by atoms with Crippen LogP contribution in [-0.4, -0.2) is 15.9 Å². The SMILES string of the molecule is Cc1cc(-c2ccc(F)cc2)cc(C(=O)Nc2csc(C)n2)n1. The quantitative estimate of drug-likeness (QED) is 0.784. The van der Waals surface area contributed by atoms with Crippen molar-refractivity contribution in [2.45, 2.75) is 13.8 Å². The van der Waals surface area contributed by atoms with Gasteiger partial charge in [0.15, 0.2) is 0 Å². The minimum absolute atomic E-state index is 0.295. The summed E-state index contributed by atoms with van der Waals surface area (Å²) in [5, 5.41) is 5.39. The van der Waals surface area contributed by atoms with Gasteiger partial charge in [0.05, 0.1) is 5.01 Å². The maximum atomic E-state index is 13.1. The van der Waals surface area contributed by atoms with Crippen molar-refractivity contribution in [1.29, 1.82) is 0 Å². The molecule has 23 heavy (non-hydrogen) atoms. The van der Waals surface area contributed by atoms with Crippen molar-refractivity contribution in [3.05, 3.63) is 64.0 Å². The molecule has 4 nitrogen and oxygen atoms in total. The summed E-state index contributed by atoms with van der Waals surface area (Å²) in [6.07, 6.45) is 0. The van der Waals surface area contributed by atoms with E-state index in [0.29, 0.717) is 17.2 Å². The van der Waals surface area contributed by atoms with Gasteiger partial charge in [0.2, 0.25) is 0 Å². The van der Waals surface area contributed by atoms with E-state index < -0.39 is 0 Å². The zero-order chi connectivity index (χ0) is 16.4. The number of hydrogen-bond acceptors (Lipinski definition) is 4. The summed E-state index contributed by atoms with van der Waals surface area (Å²) in [6, 6.07) is 9.68. The van der Waals surface area contributed by atoms with E-state index in [9.17, 15) is 9.18 Å². The largest absolute Gasteiger partial charge is 0.305 e. The van der Waals surface area contributed by atoms with Crippen LogP contribution in [0.15, 0.2) is 41.8 Å². The maximum Gasteiger partial charge on any atom is 0.275 e. The summed E-state index contributed by atoms with van der Waals surface area (Å²) in [5.74, 6) is -0.0945. The number of aryl methyl sites for hydroxylation is 2. The molecule has 0 radical (unpaired) electrons. The number of carbonyl (C=O) groups is 1. The Labute approximate surface area is 137 Å². The Morgan fingerprint density at radius 1 is 1.09 bits per heavy atom. The van der Waals surface area contributed by atoms with Gasteiger partial charge in [0, 0.05) is 11.1 Å². The number of anilines is 1. The number of pyridine rings is 1. The van der Waals surface area contributed by atoms with Gasteiger partial charge in [0.25, 0.3) is 5.91 Å². The predicted molar refractivity (Wildman–Crippen MR) is 89.2 cm³/mol. The van der Waals surface area contributed by atoms with Crippen LogP contribution < -0.4 is 5.32 Å². The van der Waals surface area contributed by atoms with Crippen LogP contribution in [0.5, 0.6) is 0 Å². The van der Waals surface area contributed by atoms with Crippen LogP contribution in [0.4, 0.5) is 10.2 Å². The molecule has 2 heterocycles. The van der Waals surface area contributed by atoms with E-state index in [-0.39, 0.29) is 11.7 Å². The number of carbonyl (C=O) groups excluding carboxylic acids is 1. The summed E-state index contributed by atoms with van der Waals surface area (Å²) >= 11 is 1.46. The molecule has 2 aromatic heterocycles. The smallest absolute Gasteiger partial charge is 0.275 e. The first-order chi connectivity index (χ1) is 11.0. The number of thiazole rings is 1. The fraction of sp³-hybridized carbons (Fsp3) is 0.118. The Morgan fingerprint density at radius 3 is 2.48 bits per heavy atom. The lowest BCUT2D eigenvalue weighted by atomic mass is 10.0. The van der Waals surface area contributed by atoms with Gasteiger partial charge in [-0.2, -0.15) is 0 Å². The van der Waals surface area contributed by atoms with Crippen molar-refractivity contribution < 1.29 is 9.18 Å². The van der Waals surface area contributed by atoms with Crippen LogP contribution in [0.1, 0.15) is 21.2 Å². The average molecular weight is 327 g/mol. The highest BCUT2D eigenvalue weighted by Gasteiger charge is 2.12. The molecule has 0 atom stereocenters. The van der Waals surface area contributed by atoms with E-state index in [1.54, 1.807) is 23.6 Å². The summed E-state index contributed by atoms with van der Waals surface area (Å²) in [4.78, 5) is 20.8. The standard InChI is InChI=1S/C17H14FN3OS/c1-10-7-13(12-3-5-14(18)6-4-12)8-15(19-10)17(22)21-16-9-23-11(2)20-16/h3-9H,1-2H3,(H,21,22). The van der Waals surface area contributed by atoms with Gasteiger partial charge in [-0.1, -0.05) is 12.1 Å². The molecule has 6 heteroatoms. The highest BCUT2D eigenvalue weighted by atomic mass is 32.1. The number of halogens is 1. The minimum Gasteiger partial charge on any atom is -0.305 e. The Morgan fingerprint density at radius 2 is 1.83 bits per heavy atom. The Bertz CT molecular complexity index is 859. The molecule has 0 aliphatic heterocycles. The minimum atomic E-state index is -0.317. The highest BCUT2D eigenvalue weighted by molar-refractivity contribution is 7.09. The molecule has 1 aromatic carbocycles. The normalized spacial score (nSPS) is 10.6. The number of rotatable bonds is 3. The number of aromatic nitrogens is 2. The van der Waals surface area contributed by atoms with Gasteiger partial charge < -0.3 is 5.32 Å². The maximum absolute atomic E-state index is 13.1. The molecule has 0 spiro atoms. The number of benzene rings is 1. The molecule has 1 amide bonds. The topological polar surface area (TPSA) is 54.9 Å². The van der Waals surface area contributed by atoms with Gasteiger partial charge in [0.1, 0.15) is 17.3 Å². The van der Waals surface area contributed by atoms with E-state index in [1.807, 2.05) is 19.9 Å². The number of nitrogens with one attached hydrogen (secondary N) is 1. The van der Waals surface area contributed by atoms with E-state index in [2.05, 4.69) is 15.3 Å². The van der Waals surface area contributed by atoms with Crippen LogP contribution >= 0.6 is 11.3 Å². The molecule has 0 saturated heterocycles. The van der Waals surface area contributed by atoms with E-state index in [0.717, 1.165) is 16.1 Å². The molecule has 0 aliphatic rings. The Kier molecular flexibility index (Phi) is 4.16. The molecule has 3 rings (SSSR count). The summed E-state index contributed by atoms with van der Waals surface area (Å²) < 4.78 is 13.1. The van der Waals surface area contributed by atoms with Gasteiger partial charge in [-0.15, -0.1) is 11.3 Å². The monoisotopic (exact) mass is 327 g/mol. The summed E-state index contributed by atoms with van der Waals surface area (Å²) in [6.45, 7) is 3.69. The van der Waals surface area contributed by atoms with Gasteiger partial charge in [-0.05, 0) is 49.2 Å². The van der Waals surface area contributed by atoms with Gasteiger partial charge >= 0.3 is 0 Å². The summed E-state index contributed by atoms with van der Waals surface area (Å²) in [5.41, 5.74) is 2.66. The first-order valence-electron chi connectivity index (χ1n) is 6.99. The second kappa shape index (κ2) is 6.26. The third kappa shape index (κ3) is 3.60. The van der Waals surface area contributed by atoms with Crippen molar-refractivity contribution in [3.8, 4) is 11.1 Å². The van der Waals surface area contributed by atoms with Crippen molar-refractivity contribution in [1.82, 2.24) is 9.97 Å². The third-order valence-electron chi connectivity index (χ3n) is 3.22. The molecular weight excluding hydrogens is 313 g/mol. The third-order valence-corrected chi connectivity index (χ3v) is 4.00. The molecular formula is C17H14FN3OS. The molecule has 116 valence electrons. The lowest BCUT2D eigenvalue weighted by Gasteiger charge is -2.07. The lowest BCUT2D eigenvalue weighted by Crippen LogP contribution is -2.14. The first kappa shape index (κ1) is 15.3. The van der Waals surface area contributed by atoms with Crippen molar-refractivity contribution in [3.63, 3.8) is 0 Å². The number of amides is 1. The van der Waals surface area contributed by atoms with E-state index in [4.69, 9.17) is 0 Å². The Hall–Kier alpha value is -2.60. The summed E-state index contributed by atoms with van der Waals surface area (Å²) in [7, 11) is 0. The van der Waals surface area contributed by atoms with E-state index in [1.165, 1.54) is 23.5 Å². The fourth-order valence-electron chi connectivity index (χ4n) is 2.20. The predicted octanol–water partition coefficient (Wildman–Crippen LogP) is 4.21. The van der Waals surface area contributed by atoms with Crippen LogP contribution in [-0.2, 0) is 0 Å². The zero-order valence-electron chi connectivity index (χ0n) is 12.6. The van der Waals surface area contributed by atoms with Crippen LogP contribution in [0.3, 0.4) is 0 Å². The molecule has 0 unspecified atom stereocenters. The second-order valence-electron chi connectivity index (χ2n) is 5.10. The van der Waals surface area contributed by atoms with Crippen LogP contribution in [0.25, 0.3) is 11.1 Å². The van der Waals surface area contributed by atoms with Gasteiger partial charge in [-0.25, -0.2) is 14.4 Å². The molecule has 0 aliphatic carbocycles. The van der Waals surface area contributed by atoms with Crippen molar-refractivity contribution in [2.24, 2.45) is 0 Å². The van der Waals surface area contributed by atoms with Crippen LogP contribution in [0.2, 0.25) is 0 Å². The number of hydrogen-bond donors (Lipinski definition) is 1. The van der Waals surface area contributed by atoms with Crippen molar-refractivity contribution in [2.75, 3.05) is 5.32 Å². The first-order valence-corrected chi connectivity index (χ1v) is 7.87. The highest BCUT2D eigenvalue weighted by Crippen LogP contribution is 2.22. The zero-order valence-corrected chi connectivity index (χ0v) is 13.4. The fourth-order valence-corrected chi connectivity index (χ4v) is 2.74. The molecule has 0 saturated carbocycles. The average Bonchev–Trinajstić information content (AvgIpc) is 2.92. The molecule has 0 bridgehead atoms. The van der Waals surface area contributed by atoms with Gasteiger partial charge in [-0.3, -0.25) is 4.79 Å². The lowest BCUT2D eigenvalue weighted by molar-refractivity contribution is 0.102. The molecule has 0 fully saturated rings. The molecule has 3 aromatic rings. The number of nitrogens with zero attached hydrogens (tertiary/aromatic N) is 2. The van der Waals surface area contributed by atoms with Crippen molar-refractivity contribution >= 4 is 23.1 Å². The molecule has 1 N–H and O–H groups in total.